The first-order valence-electron chi connectivity index (χ1n) is 8.03. The molecule has 1 fully saturated rings. The van der Waals surface area contributed by atoms with Crippen LogP contribution in [0.2, 0.25) is 0 Å². The maximum absolute atomic E-state index is 5.86. The molecule has 2 heterocycles. The van der Waals surface area contributed by atoms with E-state index in [0.717, 1.165) is 37.6 Å². The molecule has 4 heteroatoms. The Morgan fingerprint density at radius 2 is 2.14 bits per heavy atom. The third-order valence-electron chi connectivity index (χ3n) is 3.63. The van der Waals surface area contributed by atoms with Gasteiger partial charge in [-0.15, -0.1) is 0 Å². The number of rotatable bonds is 7. The van der Waals surface area contributed by atoms with Gasteiger partial charge in [0.05, 0.1) is 6.10 Å². The predicted molar refractivity (Wildman–Crippen MR) is 84.8 cm³/mol. The summed E-state index contributed by atoms with van der Waals surface area (Å²) in [4.78, 5) is 4.62. The predicted octanol–water partition coefficient (Wildman–Crippen LogP) is 3.26. The molecule has 1 atom stereocenters. The Hall–Kier alpha value is -1.13. The number of nitrogens with one attached hydrogen (secondary N) is 1. The van der Waals surface area contributed by atoms with Gasteiger partial charge in [0.1, 0.15) is 6.61 Å². The quantitative estimate of drug-likeness (QED) is 0.837. The number of hydrogen-bond acceptors (Lipinski definition) is 4. The zero-order valence-corrected chi connectivity index (χ0v) is 13.7. The summed E-state index contributed by atoms with van der Waals surface area (Å²) in [5.41, 5.74) is 2.31. The highest BCUT2D eigenvalue weighted by atomic mass is 16.5. The van der Waals surface area contributed by atoms with E-state index in [-0.39, 0.29) is 6.10 Å². The molecular weight excluding hydrogens is 264 g/mol. The summed E-state index contributed by atoms with van der Waals surface area (Å²) >= 11 is 0. The highest BCUT2D eigenvalue weighted by Crippen LogP contribution is 2.20. The van der Waals surface area contributed by atoms with E-state index in [1.165, 1.54) is 5.56 Å². The normalized spacial score (nSPS) is 18.7. The molecule has 118 valence electrons. The van der Waals surface area contributed by atoms with Crippen molar-refractivity contribution in [1.82, 2.24) is 10.3 Å². The van der Waals surface area contributed by atoms with Crippen molar-refractivity contribution in [3.8, 4) is 5.88 Å². The molecule has 21 heavy (non-hydrogen) atoms. The van der Waals surface area contributed by atoms with Crippen LogP contribution in [0.4, 0.5) is 0 Å². The zero-order valence-electron chi connectivity index (χ0n) is 13.7. The molecule has 1 saturated heterocycles. The molecule has 1 aliphatic heterocycles. The second kappa shape index (κ2) is 7.76. The molecule has 1 aliphatic rings. The van der Waals surface area contributed by atoms with E-state index in [9.17, 15) is 0 Å². The van der Waals surface area contributed by atoms with Gasteiger partial charge in [0.15, 0.2) is 0 Å². The van der Waals surface area contributed by atoms with E-state index in [1.807, 2.05) is 6.07 Å². The Balaban J connectivity index is 2.03. The Kier molecular flexibility index (Phi) is 6.00. The fourth-order valence-electron chi connectivity index (χ4n) is 2.33. The van der Waals surface area contributed by atoms with Gasteiger partial charge in [0.25, 0.3) is 0 Å². The lowest BCUT2D eigenvalue weighted by molar-refractivity contribution is 0.0662. The van der Waals surface area contributed by atoms with Gasteiger partial charge in [-0.3, -0.25) is 0 Å². The third-order valence-corrected chi connectivity index (χ3v) is 3.63. The van der Waals surface area contributed by atoms with Crippen LogP contribution in [0, 0.1) is 0 Å². The summed E-state index contributed by atoms with van der Waals surface area (Å²) in [5.74, 6) is 1.12. The second-order valence-electron chi connectivity index (χ2n) is 6.37. The summed E-state index contributed by atoms with van der Waals surface area (Å²) in [6, 6.07) is 4.67. The van der Waals surface area contributed by atoms with E-state index in [4.69, 9.17) is 9.47 Å². The number of ether oxygens (including phenoxy) is 2. The molecule has 0 bridgehead atoms. The van der Waals surface area contributed by atoms with E-state index in [1.54, 1.807) is 0 Å². The van der Waals surface area contributed by atoms with Crippen LogP contribution < -0.4 is 10.1 Å². The summed E-state index contributed by atoms with van der Waals surface area (Å²) in [6.45, 7) is 10.9. The zero-order chi connectivity index (χ0) is 15.2. The molecule has 0 aromatic carbocycles. The second-order valence-corrected chi connectivity index (χ2v) is 6.37. The molecule has 2 rings (SSSR count). The van der Waals surface area contributed by atoms with E-state index in [0.29, 0.717) is 18.6 Å². The number of aromatic nitrogens is 1. The minimum absolute atomic E-state index is 0.228. The summed E-state index contributed by atoms with van der Waals surface area (Å²) in [6.07, 6.45) is 2.45. The third kappa shape index (κ3) is 5.29. The molecule has 0 radical (unpaired) electrons. The Morgan fingerprint density at radius 3 is 2.76 bits per heavy atom. The Labute approximate surface area is 128 Å². The summed E-state index contributed by atoms with van der Waals surface area (Å²) in [7, 11) is 0. The van der Waals surface area contributed by atoms with Crippen LogP contribution in [0.15, 0.2) is 12.1 Å². The minimum Gasteiger partial charge on any atom is -0.475 e. The van der Waals surface area contributed by atoms with Crippen molar-refractivity contribution in [2.24, 2.45) is 0 Å². The molecule has 1 aromatic rings. The standard InChI is InChI=1S/C17H28N2O2/c1-12(2)16-8-14(10-18-13(3)4)9-17(19-16)21-11-15-6-5-7-20-15/h8-9,12-13,15,18H,5-7,10-11H2,1-4H3. The van der Waals surface area contributed by atoms with Crippen LogP contribution >= 0.6 is 0 Å². The van der Waals surface area contributed by atoms with E-state index < -0.39 is 0 Å². The van der Waals surface area contributed by atoms with E-state index >= 15 is 0 Å². The largest absolute Gasteiger partial charge is 0.475 e. The lowest BCUT2D eigenvalue weighted by Crippen LogP contribution is -2.22. The molecule has 0 spiro atoms. The van der Waals surface area contributed by atoms with Crippen molar-refractivity contribution >= 4 is 0 Å². The molecule has 0 aliphatic carbocycles. The lowest BCUT2D eigenvalue weighted by Gasteiger charge is -2.15. The lowest BCUT2D eigenvalue weighted by atomic mass is 10.1. The van der Waals surface area contributed by atoms with Crippen LogP contribution in [0.5, 0.6) is 5.88 Å². The van der Waals surface area contributed by atoms with Gasteiger partial charge >= 0.3 is 0 Å². The van der Waals surface area contributed by atoms with Gasteiger partial charge in [-0.05, 0) is 30.4 Å². The van der Waals surface area contributed by atoms with Crippen LogP contribution in [-0.4, -0.2) is 30.3 Å². The highest BCUT2D eigenvalue weighted by Gasteiger charge is 2.17. The summed E-state index contributed by atoms with van der Waals surface area (Å²) < 4.78 is 11.5. The van der Waals surface area contributed by atoms with E-state index in [2.05, 4.69) is 44.1 Å². The minimum atomic E-state index is 0.228. The first-order chi connectivity index (χ1) is 10.0. The highest BCUT2D eigenvalue weighted by molar-refractivity contribution is 5.26. The van der Waals surface area contributed by atoms with Crippen molar-refractivity contribution in [2.75, 3.05) is 13.2 Å². The van der Waals surface area contributed by atoms with Crippen LogP contribution in [0.1, 0.15) is 57.7 Å². The average Bonchev–Trinajstić information content (AvgIpc) is 2.96. The van der Waals surface area contributed by atoms with Gasteiger partial charge in [0, 0.05) is 31.0 Å². The number of nitrogens with zero attached hydrogens (tertiary/aromatic N) is 1. The Morgan fingerprint density at radius 1 is 1.33 bits per heavy atom. The van der Waals surface area contributed by atoms with Crippen LogP contribution in [0.25, 0.3) is 0 Å². The molecule has 1 unspecified atom stereocenters. The van der Waals surface area contributed by atoms with Gasteiger partial charge < -0.3 is 14.8 Å². The summed E-state index contributed by atoms with van der Waals surface area (Å²) in [5, 5.41) is 3.44. The van der Waals surface area contributed by atoms with Gasteiger partial charge in [-0.1, -0.05) is 27.7 Å². The topological polar surface area (TPSA) is 43.4 Å². The molecular formula is C17H28N2O2. The molecule has 4 nitrogen and oxygen atoms in total. The first kappa shape index (κ1) is 16.2. The monoisotopic (exact) mass is 292 g/mol. The molecule has 1 N–H and O–H groups in total. The molecule has 0 amide bonds. The van der Waals surface area contributed by atoms with Crippen LogP contribution in [0.3, 0.4) is 0 Å². The SMILES string of the molecule is CC(C)NCc1cc(OCC2CCCO2)nc(C(C)C)c1. The smallest absolute Gasteiger partial charge is 0.213 e. The number of pyridine rings is 1. The maximum atomic E-state index is 5.86. The van der Waals surface area contributed by atoms with Crippen molar-refractivity contribution in [3.63, 3.8) is 0 Å². The van der Waals surface area contributed by atoms with Crippen molar-refractivity contribution < 1.29 is 9.47 Å². The van der Waals surface area contributed by atoms with Crippen molar-refractivity contribution in [3.05, 3.63) is 23.4 Å². The fraction of sp³-hybridized carbons (Fsp3) is 0.706. The average molecular weight is 292 g/mol. The van der Waals surface area contributed by atoms with Crippen molar-refractivity contribution in [1.29, 1.82) is 0 Å². The number of hydrogen-bond donors (Lipinski definition) is 1. The molecule has 1 aromatic heterocycles. The first-order valence-corrected chi connectivity index (χ1v) is 8.03. The van der Waals surface area contributed by atoms with Crippen molar-refractivity contribution in [2.45, 2.75) is 65.1 Å². The maximum Gasteiger partial charge on any atom is 0.213 e. The van der Waals surface area contributed by atoms with Gasteiger partial charge in [0.2, 0.25) is 5.88 Å². The fourth-order valence-corrected chi connectivity index (χ4v) is 2.33. The van der Waals surface area contributed by atoms with Gasteiger partial charge in [-0.2, -0.15) is 0 Å². The van der Waals surface area contributed by atoms with Gasteiger partial charge in [-0.25, -0.2) is 4.98 Å². The van der Waals surface area contributed by atoms with Crippen LogP contribution in [-0.2, 0) is 11.3 Å². The Bertz CT molecular complexity index is 440. The molecule has 0 saturated carbocycles.